The van der Waals surface area contributed by atoms with Gasteiger partial charge in [-0.2, -0.15) is 0 Å². The minimum absolute atomic E-state index is 0.346. The second-order valence-electron chi connectivity index (χ2n) is 6.82. The number of carbonyl (C=O) groups excluding carboxylic acids is 1. The molecule has 1 unspecified atom stereocenters. The van der Waals surface area contributed by atoms with Gasteiger partial charge in [0.05, 0.1) is 0 Å². The molecule has 6 heteroatoms. The van der Waals surface area contributed by atoms with Crippen LogP contribution in [0.2, 0.25) is 0 Å². The minimum Gasteiger partial charge on any atom is -0.480 e. The largest absolute Gasteiger partial charge is 0.480 e. The quantitative estimate of drug-likeness (QED) is 0.730. The molecule has 0 aromatic heterocycles. The van der Waals surface area contributed by atoms with E-state index < -0.39 is 11.5 Å². The summed E-state index contributed by atoms with van der Waals surface area (Å²) in [7, 11) is 2.07. The fourth-order valence-electron chi connectivity index (χ4n) is 3.34. The number of carboxylic acids is 1. The van der Waals surface area contributed by atoms with Gasteiger partial charge in [-0.15, -0.1) is 0 Å². The Labute approximate surface area is 126 Å². The van der Waals surface area contributed by atoms with Crippen LogP contribution >= 0.6 is 0 Å². The summed E-state index contributed by atoms with van der Waals surface area (Å²) in [5.74, 6) is 0.0921. The van der Waals surface area contributed by atoms with Crippen molar-refractivity contribution in [3.63, 3.8) is 0 Å². The fraction of sp³-hybridized carbons (Fsp3) is 0.867. The van der Waals surface area contributed by atoms with Crippen LogP contribution in [0.1, 0.15) is 39.0 Å². The number of nitrogens with zero attached hydrogens (tertiary/aromatic N) is 1. The summed E-state index contributed by atoms with van der Waals surface area (Å²) in [6.07, 6.45) is 3.81. The van der Waals surface area contributed by atoms with Crippen LogP contribution in [0.25, 0.3) is 0 Å². The molecule has 0 aromatic carbocycles. The number of likely N-dealkylation sites (tertiary alicyclic amines) is 1. The molecule has 2 aliphatic rings. The van der Waals surface area contributed by atoms with E-state index in [9.17, 15) is 14.7 Å². The molecular weight excluding hydrogens is 270 g/mol. The molecule has 2 amide bonds. The summed E-state index contributed by atoms with van der Waals surface area (Å²) in [5.41, 5.74) is -1.08. The molecule has 6 nitrogen and oxygen atoms in total. The van der Waals surface area contributed by atoms with Gasteiger partial charge in [0, 0.05) is 13.1 Å². The Morgan fingerprint density at radius 2 is 1.95 bits per heavy atom. The first-order valence-electron chi connectivity index (χ1n) is 7.89. The van der Waals surface area contributed by atoms with Crippen molar-refractivity contribution in [2.45, 2.75) is 44.6 Å². The molecule has 2 rings (SSSR count). The molecule has 3 N–H and O–H groups in total. The van der Waals surface area contributed by atoms with E-state index >= 15 is 0 Å². The highest BCUT2D eigenvalue weighted by Crippen LogP contribution is 2.32. The first-order chi connectivity index (χ1) is 9.91. The molecular formula is C15H27N3O3. The Morgan fingerprint density at radius 3 is 2.48 bits per heavy atom. The van der Waals surface area contributed by atoms with Crippen molar-refractivity contribution < 1.29 is 14.7 Å². The zero-order valence-electron chi connectivity index (χ0n) is 13.0. The summed E-state index contributed by atoms with van der Waals surface area (Å²) in [4.78, 5) is 25.9. The van der Waals surface area contributed by atoms with Gasteiger partial charge in [0.1, 0.15) is 5.54 Å². The maximum Gasteiger partial charge on any atom is 0.329 e. The van der Waals surface area contributed by atoms with Gasteiger partial charge >= 0.3 is 12.0 Å². The van der Waals surface area contributed by atoms with E-state index in [2.05, 4.69) is 29.5 Å². The Kier molecular flexibility index (Phi) is 5.08. The monoisotopic (exact) mass is 297 g/mol. The van der Waals surface area contributed by atoms with Crippen molar-refractivity contribution in [2.75, 3.05) is 26.7 Å². The number of amides is 2. The maximum absolute atomic E-state index is 12.0. The van der Waals surface area contributed by atoms with Crippen molar-refractivity contribution >= 4 is 12.0 Å². The summed E-state index contributed by atoms with van der Waals surface area (Å²) < 4.78 is 0. The predicted octanol–water partition coefficient (Wildman–Crippen LogP) is 1.27. The number of carbonyl (C=O) groups is 2. The second kappa shape index (κ2) is 6.64. The Morgan fingerprint density at radius 1 is 1.29 bits per heavy atom. The van der Waals surface area contributed by atoms with Crippen molar-refractivity contribution in [1.29, 1.82) is 0 Å². The second-order valence-corrected chi connectivity index (χ2v) is 6.82. The van der Waals surface area contributed by atoms with Gasteiger partial charge in [-0.25, -0.2) is 9.59 Å². The molecule has 1 aliphatic heterocycles. The van der Waals surface area contributed by atoms with Gasteiger partial charge in [0.15, 0.2) is 0 Å². The number of rotatable bonds is 4. The third-order valence-corrected chi connectivity index (χ3v) is 4.93. The van der Waals surface area contributed by atoms with Crippen LogP contribution in [0.15, 0.2) is 0 Å². The number of aliphatic carboxylic acids is 1. The molecule has 1 saturated heterocycles. The van der Waals surface area contributed by atoms with Crippen molar-refractivity contribution in [3.05, 3.63) is 0 Å². The topological polar surface area (TPSA) is 81.7 Å². The molecule has 1 saturated carbocycles. The number of urea groups is 1. The van der Waals surface area contributed by atoms with Gasteiger partial charge in [-0.1, -0.05) is 6.92 Å². The van der Waals surface area contributed by atoms with E-state index in [4.69, 9.17) is 0 Å². The van der Waals surface area contributed by atoms with E-state index in [0.29, 0.717) is 31.2 Å². The van der Waals surface area contributed by atoms with Gasteiger partial charge in [-0.05, 0) is 57.5 Å². The zero-order valence-corrected chi connectivity index (χ0v) is 13.0. The highest BCUT2D eigenvalue weighted by Gasteiger charge is 2.42. The van der Waals surface area contributed by atoms with E-state index in [1.807, 2.05) is 0 Å². The number of carboxylic acid groups (broad SMARTS) is 1. The van der Waals surface area contributed by atoms with Gasteiger partial charge in [-0.3, -0.25) is 0 Å². The van der Waals surface area contributed by atoms with Crippen LogP contribution < -0.4 is 10.6 Å². The van der Waals surface area contributed by atoms with Crippen LogP contribution in [0.5, 0.6) is 0 Å². The molecule has 1 aliphatic carbocycles. The summed E-state index contributed by atoms with van der Waals surface area (Å²) in [5, 5.41) is 15.1. The lowest BCUT2D eigenvalue weighted by atomic mass is 9.77. The van der Waals surface area contributed by atoms with Crippen molar-refractivity contribution in [1.82, 2.24) is 15.5 Å². The lowest BCUT2D eigenvalue weighted by molar-refractivity contribution is -0.146. The van der Waals surface area contributed by atoms with Gasteiger partial charge < -0.3 is 20.6 Å². The maximum atomic E-state index is 12.0. The molecule has 0 aromatic rings. The average Bonchev–Trinajstić information content (AvgIpc) is 2.85. The lowest BCUT2D eigenvalue weighted by Gasteiger charge is -2.36. The SMILES string of the molecule is CC1CCC(NC(=O)NCC2CCN(C)C2)(C(=O)O)CC1. The Balaban J connectivity index is 1.83. The first-order valence-corrected chi connectivity index (χ1v) is 7.89. The normalized spacial score (nSPS) is 33.6. The van der Waals surface area contributed by atoms with Crippen molar-refractivity contribution in [3.8, 4) is 0 Å². The smallest absolute Gasteiger partial charge is 0.329 e. The van der Waals surface area contributed by atoms with Gasteiger partial charge in [0.25, 0.3) is 0 Å². The molecule has 0 radical (unpaired) electrons. The molecule has 1 atom stereocenters. The minimum atomic E-state index is -1.08. The van der Waals surface area contributed by atoms with Crippen LogP contribution in [0.3, 0.4) is 0 Å². The Bertz CT molecular complexity index is 392. The lowest BCUT2D eigenvalue weighted by Crippen LogP contribution is -2.59. The standard InChI is InChI=1S/C15H27N3O3/c1-11-3-6-15(7-4-11,13(19)20)17-14(21)16-9-12-5-8-18(2)10-12/h11-12H,3-10H2,1-2H3,(H,19,20)(H2,16,17,21). The third-order valence-electron chi connectivity index (χ3n) is 4.93. The van der Waals surface area contributed by atoms with E-state index in [-0.39, 0.29) is 6.03 Å². The van der Waals surface area contributed by atoms with Crippen molar-refractivity contribution in [2.24, 2.45) is 11.8 Å². The molecule has 1 heterocycles. The fourth-order valence-corrected chi connectivity index (χ4v) is 3.34. The average molecular weight is 297 g/mol. The molecule has 0 spiro atoms. The summed E-state index contributed by atoms with van der Waals surface area (Å²) >= 11 is 0. The molecule has 2 fully saturated rings. The van der Waals surface area contributed by atoms with E-state index in [1.165, 1.54) is 0 Å². The first kappa shape index (κ1) is 16.1. The molecule has 0 bridgehead atoms. The van der Waals surface area contributed by atoms with E-state index in [1.54, 1.807) is 0 Å². The summed E-state index contributed by atoms with van der Waals surface area (Å²) in [6.45, 7) is 4.79. The van der Waals surface area contributed by atoms with Crippen LogP contribution in [0, 0.1) is 11.8 Å². The van der Waals surface area contributed by atoms with Crippen LogP contribution in [-0.4, -0.2) is 54.2 Å². The highest BCUT2D eigenvalue weighted by molar-refractivity contribution is 5.86. The number of hydrogen-bond acceptors (Lipinski definition) is 3. The molecule has 120 valence electrons. The highest BCUT2D eigenvalue weighted by atomic mass is 16.4. The van der Waals surface area contributed by atoms with Crippen LogP contribution in [0.4, 0.5) is 4.79 Å². The Hall–Kier alpha value is -1.30. The summed E-state index contributed by atoms with van der Waals surface area (Å²) in [6, 6.07) is -0.346. The zero-order chi connectivity index (χ0) is 15.5. The van der Waals surface area contributed by atoms with Gasteiger partial charge in [0.2, 0.25) is 0 Å². The number of nitrogens with one attached hydrogen (secondary N) is 2. The third kappa shape index (κ3) is 4.09. The number of hydrogen-bond donors (Lipinski definition) is 3. The molecule has 21 heavy (non-hydrogen) atoms. The predicted molar refractivity (Wildman–Crippen MR) is 80.1 cm³/mol. The van der Waals surface area contributed by atoms with E-state index in [0.717, 1.165) is 32.4 Å². The van der Waals surface area contributed by atoms with Crippen LogP contribution in [-0.2, 0) is 4.79 Å².